The van der Waals surface area contributed by atoms with Crippen molar-refractivity contribution in [2.24, 2.45) is 0 Å². The van der Waals surface area contributed by atoms with E-state index in [9.17, 15) is 0 Å². The van der Waals surface area contributed by atoms with E-state index in [-0.39, 0.29) is 6.10 Å². The van der Waals surface area contributed by atoms with E-state index in [4.69, 9.17) is 17.1 Å². The molecule has 0 fully saturated rings. The van der Waals surface area contributed by atoms with Crippen molar-refractivity contribution >= 4 is 0 Å². The van der Waals surface area contributed by atoms with Gasteiger partial charge in [0.15, 0.2) is 0 Å². The molecule has 0 saturated carbocycles. The summed E-state index contributed by atoms with van der Waals surface area (Å²) in [4.78, 5) is 0. The zero-order chi connectivity index (χ0) is 13.1. The molecule has 0 saturated heterocycles. The third-order valence-electron chi connectivity index (χ3n) is 2.23. The number of hydrogen-bond donors (Lipinski definition) is 0. The molecule has 0 rings (SSSR count). The molecule has 0 aromatic rings. The predicted molar refractivity (Wildman–Crippen MR) is 62.0 cm³/mol. The Morgan fingerprint density at radius 2 is 1.41 bits per heavy atom. The average molecular weight is 412 g/mol. The zero-order valence-corrected chi connectivity index (χ0v) is 15.0. The molecular formula is C12H25HfO4. The first-order valence-corrected chi connectivity index (χ1v) is 7.87. The molecule has 5 heteroatoms. The second-order valence-corrected chi connectivity index (χ2v) is 4.65. The van der Waals surface area contributed by atoms with Crippen molar-refractivity contribution in [3.63, 3.8) is 0 Å². The Hall–Kier alpha value is 0.710. The summed E-state index contributed by atoms with van der Waals surface area (Å²) in [5, 5.41) is 0. The van der Waals surface area contributed by atoms with Crippen LogP contribution in [-0.2, 0) is 41.9 Å². The summed E-state index contributed by atoms with van der Waals surface area (Å²) in [5.41, 5.74) is 0. The first-order valence-electron chi connectivity index (χ1n) is 6.41. The van der Waals surface area contributed by atoms with Gasteiger partial charge in [0.05, 0.1) is 0 Å². The Bertz CT molecular complexity index is 170. The molecule has 0 radical (unpaired) electrons. The second-order valence-electron chi connectivity index (χ2n) is 3.92. The molecule has 0 aromatic carbocycles. The molecule has 0 aliphatic carbocycles. The van der Waals surface area contributed by atoms with Crippen molar-refractivity contribution in [2.45, 2.75) is 59.0 Å². The van der Waals surface area contributed by atoms with Gasteiger partial charge in [-0.3, -0.25) is 0 Å². The first kappa shape index (κ1) is 17.7. The minimum absolute atomic E-state index is 0.210. The normalized spacial score (nSPS) is 13.8. The van der Waals surface area contributed by atoms with Crippen molar-refractivity contribution in [1.82, 2.24) is 0 Å². The molecule has 0 amide bonds. The van der Waals surface area contributed by atoms with Crippen LogP contribution in [-0.4, -0.2) is 31.9 Å². The summed E-state index contributed by atoms with van der Waals surface area (Å²) >= 11 is 0.556. The van der Waals surface area contributed by atoms with Gasteiger partial charge in [0.25, 0.3) is 0 Å². The first-order chi connectivity index (χ1) is 8.16. The van der Waals surface area contributed by atoms with Crippen LogP contribution in [0.5, 0.6) is 0 Å². The van der Waals surface area contributed by atoms with Crippen LogP contribution >= 0.6 is 0 Å². The standard InChI is InChI=1S/C12H25O4.Hf/c1-5-8-14-11(4)12(13,15-9-6-2)16-10-7-3;/h11H,5-10H2,1-4H3;/q-1;+1. The van der Waals surface area contributed by atoms with Gasteiger partial charge in [-0.1, -0.05) is 0 Å². The minimum atomic E-state index is -1.01. The fourth-order valence-corrected chi connectivity index (χ4v) is 2.32. The maximum atomic E-state index is 5.75. The Balaban J connectivity index is 4.50. The predicted octanol–water partition coefficient (Wildman–Crippen LogP) is 2.79. The number of ether oxygens (including phenoxy) is 3. The van der Waals surface area contributed by atoms with E-state index in [2.05, 4.69) is 20.8 Å². The average Bonchev–Trinajstić information content (AvgIpc) is 2.37. The molecule has 101 valence electrons. The van der Waals surface area contributed by atoms with Crippen LogP contribution in [0, 0.1) is 0 Å². The van der Waals surface area contributed by atoms with Crippen LogP contribution in [0.2, 0.25) is 0 Å². The van der Waals surface area contributed by atoms with Gasteiger partial charge in [0, 0.05) is 0 Å². The third-order valence-corrected chi connectivity index (χ3v) is 3.25. The van der Waals surface area contributed by atoms with Gasteiger partial charge in [-0.25, -0.2) is 0 Å². The van der Waals surface area contributed by atoms with E-state index < -0.39 is 5.97 Å². The van der Waals surface area contributed by atoms with Crippen molar-refractivity contribution in [1.29, 1.82) is 0 Å². The molecule has 0 aliphatic rings. The van der Waals surface area contributed by atoms with Gasteiger partial charge >= 0.3 is 121 Å². The Morgan fingerprint density at radius 3 is 1.76 bits per heavy atom. The van der Waals surface area contributed by atoms with Crippen molar-refractivity contribution in [3.05, 3.63) is 0 Å². The van der Waals surface area contributed by atoms with Crippen molar-refractivity contribution in [2.75, 3.05) is 19.8 Å². The van der Waals surface area contributed by atoms with E-state index in [0.717, 1.165) is 19.3 Å². The molecule has 0 heterocycles. The SMILES string of the molecule is CCCOC(C)C([O][Hf])(OCCC)OCCC. The Morgan fingerprint density at radius 1 is 0.941 bits per heavy atom. The molecule has 0 bridgehead atoms. The maximum absolute atomic E-state index is 5.75. The molecule has 0 aromatic heterocycles. The van der Waals surface area contributed by atoms with Crippen LogP contribution in [0.4, 0.5) is 0 Å². The van der Waals surface area contributed by atoms with Crippen LogP contribution in [0.25, 0.3) is 0 Å². The van der Waals surface area contributed by atoms with Gasteiger partial charge in [-0.2, -0.15) is 0 Å². The Labute approximate surface area is 121 Å². The number of rotatable bonds is 11. The molecule has 0 N–H and O–H groups in total. The summed E-state index contributed by atoms with van der Waals surface area (Å²) < 4.78 is 22.8. The Kier molecular flexibility index (Phi) is 11.1. The van der Waals surface area contributed by atoms with E-state index in [1.54, 1.807) is 0 Å². The summed E-state index contributed by atoms with van der Waals surface area (Å²) in [7, 11) is 0. The van der Waals surface area contributed by atoms with Gasteiger partial charge in [0.1, 0.15) is 0 Å². The molecule has 0 aliphatic heterocycles. The van der Waals surface area contributed by atoms with Crippen molar-refractivity contribution in [3.8, 4) is 0 Å². The topological polar surface area (TPSA) is 36.9 Å². The summed E-state index contributed by atoms with van der Waals surface area (Å²) in [6, 6.07) is 0. The molecular weight excluding hydrogens is 387 g/mol. The molecule has 17 heavy (non-hydrogen) atoms. The van der Waals surface area contributed by atoms with Gasteiger partial charge in [-0.05, 0) is 0 Å². The third kappa shape index (κ3) is 6.43. The second kappa shape index (κ2) is 10.6. The van der Waals surface area contributed by atoms with Gasteiger partial charge in [0.2, 0.25) is 0 Å². The van der Waals surface area contributed by atoms with Crippen LogP contribution < -0.4 is 0 Å². The van der Waals surface area contributed by atoms with E-state index >= 15 is 0 Å². The van der Waals surface area contributed by atoms with Crippen LogP contribution in [0.1, 0.15) is 47.0 Å². The molecule has 1 atom stereocenters. The fourth-order valence-electron chi connectivity index (χ4n) is 1.30. The van der Waals surface area contributed by atoms with Gasteiger partial charge < -0.3 is 0 Å². The summed E-state index contributed by atoms with van der Waals surface area (Å²) in [6.45, 7) is 10.1. The summed E-state index contributed by atoms with van der Waals surface area (Å²) in [5.74, 6) is -1.01. The van der Waals surface area contributed by atoms with E-state index in [0.29, 0.717) is 44.6 Å². The fraction of sp³-hybridized carbons (Fsp3) is 1.00. The molecule has 0 spiro atoms. The quantitative estimate of drug-likeness (QED) is 0.387. The molecule has 1 unspecified atom stereocenters. The molecule has 4 nitrogen and oxygen atoms in total. The van der Waals surface area contributed by atoms with Gasteiger partial charge in [-0.15, -0.1) is 0 Å². The van der Waals surface area contributed by atoms with Crippen LogP contribution in [0.3, 0.4) is 0 Å². The zero-order valence-electron chi connectivity index (χ0n) is 11.5. The van der Waals surface area contributed by atoms with Crippen molar-refractivity contribution < 1.29 is 41.9 Å². The summed E-state index contributed by atoms with van der Waals surface area (Å²) in [6.07, 6.45) is 2.63. The van der Waals surface area contributed by atoms with E-state index in [1.807, 2.05) is 6.92 Å². The monoisotopic (exact) mass is 413 g/mol. The van der Waals surface area contributed by atoms with Crippen LogP contribution in [0.15, 0.2) is 0 Å². The van der Waals surface area contributed by atoms with E-state index in [1.165, 1.54) is 0 Å². The number of hydrogen-bond acceptors (Lipinski definition) is 4.